The molecule has 1 atom stereocenters. The Kier molecular flexibility index (Phi) is 4.88. The number of ether oxygens (including phenoxy) is 2. The second-order valence-corrected chi connectivity index (χ2v) is 4.62. The van der Waals surface area contributed by atoms with E-state index in [0.717, 1.165) is 24.6 Å². The van der Waals surface area contributed by atoms with Crippen LogP contribution in [0.15, 0.2) is 18.2 Å². The number of rotatable bonds is 5. The van der Waals surface area contributed by atoms with E-state index in [0.29, 0.717) is 19.1 Å². The van der Waals surface area contributed by atoms with Crippen molar-refractivity contribution >= 4 is 0 Å². The van der Waals surface area contributed by atoms with Crippen molar-refractivity contribution < 1.29 is 9.47 Å². The van der Waals surface area contributed by atoms with Crippen molar-refractivity contribution in [1.82, 2.24) is 5.32 Å². The fraction of sp³-hybridized carbons (Fsp3) is 0.600. The van der Waals surface area contributed by atoms with Crippen molar-refractivity contribution in [2.45, 2.75) is 32.6 Å². The van der Waals surface area contributed by atoms with E-state index in [1.807, 2.05) is 19.9 Å². The molecule has 1 aromatic carbocycles. The summed E-state index contributed by atoms with van der Waals surface area (Å²) in [7, 11) is 0. The van der Waals surface area contributed by atoms with Crippen molar-refractivity contribution in [2.24, 2.45) is 0 Å². The summed E-state index contributed by atoms with van der Waals surface area (Å²) in [6.07, 6.45) is 2.51. The molecule has 3 nitrogen and oxygen atoms in total. The highest BCUT2D eigenvalue weighted by molar-refractivity contribution is 5.44. The molecule has 1 fully saturated rings. The molecule has 1 unspecified atom stereocenters. The van der Waals surface area contributed by atoms with Gasteiger partial charge in [-0.25, -0.2) is 0 Å². The Morgan fingerprint density at radius 1 is 1.17 bits per heavy atom. The van der Waals surface area contributed by atoms with E-state index in [2.05, 4.69) is 17.4 Å². The van der Waals surface area contributed by atoms with Crippen LogP contribution in [0.25, 0.3) is 0 Å². The van der Waals surface area contributed by atoms with Gasteiger partial charge in [0.2, 0.25) is 0 Å². The molecule has 1 saturated heterocycles. The van der Waals surface area contributed by atoms with E-state index in [1.165, 1.54) is 18.4 Å². The maximum Gasteiger partial charge on any atom is 0.161 e. The second kappa shape index (κ2) is 6.64. The fourth-order valence-electron chi connectivity index (χ4n) is 2.46. The van der Waals surface area contributed by atoms with Gasteiger partial charge in [0.25, 0.3) is 0 Å². The number of benzene rings is 1. The summed E-state index contributed by atoms with van der Waals surface area (Å²) in [6.45, 7) is 7.56. The first-order chi connectivity index (χ1) is 8.85. The fourth-order valence-corrected chi connectivity index (χ4v) is 2.46. The SMILES string of the molecule is CCOc1ccc(C2CCCNC2)cc1OCC. The summed E-state index contributed by atoms with van der Waals surface area (Å²) >= 11 is 0. The van der Waals surface area contributed by atoms with Crippen LogP contribution in [0.4, 0.5) is 0 Å². The third-order valence-corrected chi connectivity index (χ3v) is 3.34. The first-order valence-electron chi connectivity index (χ1n) is 6.95. The van der Waals surface area contributed by atoms with Gasteiger partial charge in [0.05, 0.1) is 13.2 Å². The predicted molar refractivity (Wildman–Crippen MR) is 73.6 cm³/mol. The largest absolute Gasteiger partial charge is 0.490 e. The average Bonchev–Trinajstić information content (AvgIpc) is 2.42. The van der Waals surface area contributed by atoms with Crippen molar-refractivity contribution in [3.63, 3.8) is 0 Å². The lowest BCUT2D eigenvalue weighted by molar-refractivity contribution is 0.287. The minimum atomic E-state index is 0.605. The quantitative estimate of drug-likeness (QED) is 0.870. The number of nitrogens with one attached hydrogen (secondary N) is 1. The van der Waals surface area contributed by atoms with Crippen molar-refractivity contribution in [2.75, 3.05) is 26.3 Å². The van der Waals surface area contributed by atoms with E-state index < -0.39 is 0 Å². The summed E-state index contributed by atoms with van der Waals surface area (Å²) in [5, 5.41) is 3.45. The lowest BCUT2D eigenvalue weighted by Gasteiger charge is -2.24. The van der Waals surface area contributed by atoms with Crippen LogP contribution in [0.1, 0.15) is 38.2 Å². The maximum absolute atomic E-state index is 5.68. The molecule has 0 amide bonds. The summed E-state index contributed by atoms with van der Waals surface area (Å²) in [5.41, 5.74) is 1.36. The van der Waals surface area contributed by atoms with Crippen LogP contribution in [0.2, 0.25) is 0 Å². The minimum absolute atomic E-state index is 0.605. The Bertz CT molecular complexity index is 373. The van der Waals surface area contributed by atoms with Crippen LogP contribution >= 0.6 is 0 Å². The highest BCUT2D eigenvalue weighted by Gasteiger charge is 2.17. The van der Waals surface area contributed by atoms with E-state index in [4.69, 9.17) is 9.47 Å². The first kappa shape index (κ1) is 13.2. The second-order valence-electron chi connectivity index (χ2n) is 4.62. The van der Waals surface area contributed by atoms with E-state index in [1.54, 1.807) is 0 Å². The van der Waals surface area contributed by atoms with Crippen LogP contribution in [0.5, 0.6) is 11.5 Å². The van der Waals surface area contributed by atoms with E-state index >= 15 is 0 Å². The molecule has 2 rings (SSSR count). The molecular weight excluding hydrogens is 226 g/mol. The molecule has 0 saturated carbocycles. The lowest BCUT2D eigenvalue weighted by atomic mass is 9.91. The molecule has 3 heteroatoms. The van der Waals surface area contributed by atoms with Gasteiger partial charge in [-0.3, -0.25) is 0 Å². The van der Waals surface area contributed by atoms with Crippen LogP contribution in [-0.2, 0) is 0 Å². The Labute approximate surface area is 109 Å². The Hall–Kier alpha value is -1.22. The van der Waals surface area contributed by atoms with Crippen LogP contribution in [-0.4, -0.2) is 26.3 Å². The maximum atomic E-state index is 5.68. The molecule has 18 heavy (non-hydrogen) atoms. The van der Waals surface area contributed by atoms with Gasteiger partial charge in [-0.2, -0.15) is 0 Å². The number of piperidine rings is 1. The zero-order valence-corrected chi connectivity index (χ0v) is 11.4. The first-order valence-corrected chi connectivity index (χ1v) is 6.95. The standard InChI is InChI=1S/C15H23NO2/c1-3-17-14-8-7-12(10-15(14)18-4-2)13-6-5-9-16-11-13/h7-8,10,13,16H,3-6,9,11H2,1-2H3. The molecule has 0 aliphatic carbocycles. The van der Waals surface area contributed by atoms with Crippen molar-refractivity contribution in [3.05, 3.63) is 23.8 Å². The molecule has 1 aliphatic heterocycles. The molecule has 0 spiro atoms. The van der Waals surface area contributed by atoms with Crippen LogP contribution in [0.3, 0.4) is 0 Å². The van der Waals surface area contributed by atoms with Gasteiger partial charge in [0, 0.05) is 6.54 Å². The Balaban J connectivity index is 2.18. The zero-order valence-electron chi connectivity index (χ0n) is 11.4. The number of hydrogen-bond acceptors (Lipinski definition) is 3. The molecule has 0 radical (unpaired) electrons. The monoisotopic (exact) mass is 249 g/mol. The average molecular weight is 249 g/mol. The Morgan fingerprint density at radius 3 is 2.61 bits per heavy atom. The lowest BCUT2D eigenvalue weighted by Crippen LogP contribution is -2.28. The highest BCUT2D eigenvalue weighted by atomic mass is 16.5. The van der Waals surface area contributed by atoms with E-state index in [9.17, 15) is 0 Å². The smallest absolute Gasteiger partial charge is 0.161 e. The van der Waals surface area contributed by atoms with Crippen molar-refractivity contribution in [3.8, 4) is 11.5 Å². The van der Waals surface area contributed by atoms with Gasteiger partial charge >= 0.3 is 0 Å². The van der Waals surface area contributed by atoms with Gasteiger partial charge < -0.3 is 14.8 Å². The highest BCUT2D eigenvalue weighted by Crippen LogP contribution is 2.33. The normalized spacial score (nSPS) is 19.6. The summed E-state index contributed by atoms with van der Waals surface area (Å²) in [5.74, 6) is 2.34. The molecule has 1 aliphatic rings. The zero-order chi connectivity index (χ0) is 12.8. The topological polar surface area (TPSA) is 30.5 Å². The Morgan fingerprint density at radius 2 is 1.94 bits per heavy atom. The molecule has 1 aromatic rings. The van der Waals surface area contributed by atoms with Crippen LogP contribution < -0.4 is 14.8 Å². The minimum Gasteiger partial charge on any atom is -0.490 e. The molecule has 0 aromatic heterocycles. The van der Waals surface area contributed by atoms with Crippen LogP contribution in [0, 0.1) is 0 Å². The summed E-state index contributed by atoms with van der Waals surface area (Å²) in [4.78, 5) is 0. The molecule has 100 valence electrons. The predicted octanol–water partition coefficient (Wildman–Crippen LogP) is 2.95. The third kappa shape index (κ3) is 3.16. The van der Waals surface area contributed by atoms with Gasteiger partial charge in [0.1, 0.15) is 0 Å². The number of hydrogen-bond donors (Lipinski definition) is 1. The summed E-state index contributed by atoms with van der Waals surface area (Å²) in [6, 6.07) is 6.36. The van der Waals surface area contributed by atoms with Gasteiger partial charge in [-0.05, 0) is 56.8 Å². The molecular formula is C15H23NO2. The van der Waals surface area contributed by atoms with E-state index in [-0.39, 0.29) is 0 Å². The molecule has 1 heterocycles. The molecule has 0 bridgehead atoms. The van der Waals surface area contributed by atoms with Gasteiger partial charge in [-0.15, -0.1) is 0 Å². The summed E-state index contributed by atoms with van der Waals surface area (Å²) < 4.78 is 11.3. The molecule has 1 N–H and O–H groups in total. The van der Waals surface area contributed by atoms with Gasteiger partial charge in [-0.1, -0.05) is 6.07 Å². The van der Waals surface area contributed by atoms with Crippen molar-refractivity contribution in [1.29, 1.82) is 0 Å². The van der Waals surface area contributed by atoms with Gasteiger partial charge in [0.15, 0.2) is 11.5 Å². The third-order valence-electron chi connectivity index (χ3n) is 3.34.